The molecular formula is C18H29N3O2. The standard InChI is InChI=1S/C18H29N3O2/c1-4-19-18(21-15-7-5-6-13(2)10-15)20-12-14-8-9-17(23-3)16(22)11-14/h8-9,11,13,15,22H,4-7,10,12H2,1-3H3,(H2,19,20,21). The van der Waals surface area contributed by atoms with Crippen LogP contribution in [0.25, 0.3) is 0 Å². The van der Waals surface area contributed by atoms with Crippen molar-refractivity contribution in [3.05, 3.63) is 23.8 Å². The summed E-state index contributed by atoms with van der Waals surface area (Å²) in [6, 6.07) is 5.90. The molecule has 0 bridgehead atoms. The predicted octanol–water partition coefficient (Wildman–Crippen LogP) is 3.03. The molecular weight excluding hydrogens is 290 g/mol. The highest BCUT2D eigenvalue weighted by molar-refractivity contribution is 5.80. The lowest BCUT2D eigenvalue weighted by Crippen LogP contribution is -2.45. The highest BCUT2D eigenvalue weighted by Gasteiger charge is 2.19. The zero-order valence-electron chi connectivity index (χ0n) is 14.4. The number of nitrogens with one attached hydrogen (secondary N) is 2. The number of guanidine groups is 1. The third-order valence-corrected chi connectivity index (χ3v) is 4.28. The predicted molar refractivity (Wildman–Crippen MR) is 94.0 cm³/mol. The molecule has 0 spiro atoms. The van der Waals surface area contributed by atoms with E-state index in [0.717, 1.165) is 24.0 Å². The highest BCUT2D eigenvalue weighted by atomic mass is 16.5. The maximum Gasteiger partial charge on any atom is 0.191 e. The highest BCUT2D eigenvalue weighted by Crippen LogP contribution is 2.26. The first-order valence-electron chi connectivity index (χ1n) is 8.53. The number of ether oxygens (including phenoxy) is 1. The molecule has 1 aliphatic rings. The number of rotatable bonds is 5. The van der Waals surface area contributed by atoms with E-state index in [-0.39, 0.29) is 5.75 Å². The number of benzene rings is 1. The minimum atomic E-state index is 0.152. The van der Waals surface area contributed by atoms with Crippen molar-refractivity contribution >= 4 is 5.96 Å². The molecule has 1 aliphatic carbocycles. The van der Waals surface area contributed by atoms with Gasteiger partial charge < -0.3 is 20.5 Å². The third-order valence-electron chi connectivity index (χ3n) is 4.28. The van der Waals surface area contributed by atoms with Gasteiger partial charge in [-0.1, -0.05) is 25.8 Å². The zero-order chi connectivity index (χ0) is 16.7. The fourth-order valence-corrected chi connectivity index (χ4v) is 3.08. The lowest BCUT2D eigenvalue weighted by molar-refractivity contribution is 0.324. The Morgan fingerprint density at radius 1 is 1.39 bits per heavy atom. The van der Waals surface area contributed by atoms with Crippen molar-refractivity contribution in [2.75, 3.05) is 13.7 Å². The van der Waals surface area contributed by atoms with Gasteiger partial charge in [0, 0.05) is 12.6 Å². The van der Waals surface area contributed by atoms with Gasteiger partial charge in [0.1, 0.15) is 0 Å². The number of hydrogen-bond donors (Lipinski definition) is 3. The SMILES string of the molecule is CCNC(=NCc1ccc(OC)c(O)c1)NC1CCCC(C)C1. The van der Waals surface area contributed by atoms with Gasteiger partial charge in [-0.3, -0.25) is 0 Å². The number of hydrogen-bond acceptors (Lipinski definition) is 3. The summed E-state index contributed by atoms with van der Waals surface area (Å²) in [6.07, 6.45) is 5.02. The fraction of sp³-hybridized carbons (Fsp3) is 0.611. The van der Waals surface area contributed by atoms with Crippen LogP contribution in [0.15, 0.2) is 23.2 Å². The van der Waals surface area contributed by atoms with Crippen molar-refractivity contribution in [2.24, 2.45) is 10.9 Å². The molecule has 0 heterocycles. The molecule has 5 nitrogen and oxygen atoms in total. The van der Waals surface area contributed by atoms with Gasteiger partial charge in [-0.2, -0.15) is 0 Å². The van der Waals surface area contributed by atoms with E-state index in [0.29, 0.717) is 18.3 Å². The molecule has 0 saturated heterocycles. The molecule has 128 valence electrons. The summed E-state index contributed by atoms with van der Waals surface area (Å²) in [7, 11) is 1.55. The summed E-state index contributed by atoms with van der Waals surface area (Å²) >= 11 is 0. The van der Waals surface area contributed by atoms with E-state index < -0.39 is 0 Å². The fourth-order valence-electron chi connectivity index (χ4n) is 3.08. The number of aromatic hydroxyl groups is 1. The van der Waals surface area contributed by atoms with Crippen LogP contribution >= 0.6 is 0 Å². The van der Waals surface area contributed by atoms with Gasteiger partial charge >= 0.3 is 0 Å². The average Bonchev–Trinajstić information content (AvgIpc) is 2.53. The van der Waals surface area contributed by atoms with E-state index in [4.69, 9.17) is 4.74 Å². The quantitative estimate of drug-likeness (QED) is 0.576. The van der Waals surface area contributed by atoms with Gasteiger partial charge in [0.15, 0.2) is 17.5 Å². The van der Waals surface area contributed by atoms with Crippen LogP contribution in [0.4, 0.5) is 0 Å². The molecule has 1 aromatic carbocycles. The monoisotopic (exact) mass is 319 g/mol. The van der Waals surface area contributed by atoms with Crippen LogP contribution in [0, 0.1) is 5.92 Å². The lowest BCUT2D eigenvalue weighted by Gasteiger charge is -2.28. The summed E-state index contributed by atoms with van der Waals surface area (Å²) in [6.45, 7) is 5.75. The third kappa shape index (κ3) is 5.34. The first kappa shape index (κ1) is 17.4. The van der Waals surface area contributed by atoms with E-state index in [1.54, 1.807) is 19.2 Å². The first-order chi connectivity index (χ1) is 11.1. The Bertz CT molecular complexity index is 531. The van der Waals surface area contributed by atoms with Gasteiger partial charge in [0.2, 0.25) is 0 Å². The normalized spacial score (nSPS) is 21.8. The number of nitrogens with zero attached hydrogens (tertiary/aromatic N) is 1. The molecule has 3 N–H and O–H groups in total. The summed E-state index contributed by atoms with van der Waals surface area (Å²) in [5, 5.41) is 16.7. The van der Waals surface area contributed by atoms with Crippen molar-refractivity contribution < 1.29 is 9.84 Å². The second kappa shape index (κ2) is 8.65. The maximum absolute atomic E-state index is 9.85. The Balaban J connectivity index is 1.99. The van der Waals surface area contributed by atoms with Crippen molar-refractivity contribution in [1.82, 2.24) is 10.6 Å². The molecule has 1 saturated carbocycles. The van der Waals surface area contributed by atoms with Crippen LogP contribution in [-0.2, 0) is 6.54 Å². The molecule has 1 fully saturated rings. The minimum absolute atomic E-state index is 0.152. The van der Waals surface area contributed by atoms with Crippen molar-refractivity contribution in [3.8, 4) is 11.5 Å². The maximum atomic E-state index is 9.85. The topological polar surface area (TPSA) is 65.9 Å². The number of phenolic OH excluding ortho intramolecular Hbond substituents is 1. The van der Waals surface area contributed by atoms with Crippen molar-refractivity contribution in [1.29, 1.82) is 0 Å². The molecule has 5 heteroatoms. The van der Waals surface area contributed by atoms with Crippen LogP contribution in [0.3, 0.4) is 0 Å². The van der Waals surface area contributed by atoms with Crippen LogP contribution in [0.2, 0.25) is 0 Å². The molecule has 2 unspecified atom stereocenters. The van der Waals surface area contributed by atoms with Gasteiger partial charge in [-0.25, -0.2) is 4.99 Å². The van der Waals surface area contributed by atoms with Crippen LogP contribution in [0.5, 0.6) is 11.5 Å². The second-order valence-electron chi connectivity index (χ2n) is 6.31. The van der Waals surface area contributed by atoms with E-state index in [9.17, 15) is 5.11 Å². The summed E-state index contributed by atoms with van der Waals surface area (Å²) < 4.78 is 5.06. The second-order valence-corrected chi connectivity index (χ2v) is 6.31. The molecule has 1 aromatic rings. The average molecular weight is 319 g/mol. The Labute approximate surface area is 139 Å². The van der Waals surface area contributed by atoms with E-state index in [1.165, 1.54) is 25.7 Å². The Hall–Kier alpha value is -1.91. The van der Waals surface area contributed by atoms with Gasteiger partial charge in [-0.15, -0.1) is 0 Å². The van der Waals surface area contributed by atoms with Crippen LogP contribution in [0.1, 0.15) is 45.1 Å². The number of aliphatic imine (C=N–C) groups is 1. The number of methoxy groups -OCH3 is 1. The van der Waals surface area contributed by atoms with E-state index >= 15 is 0 Å². The molecule has 23 heavy (non-hydrogen) atoms. The Morgan fingerprint density at radius 3 is 2.87 bits per heavy atom. The minimum Gasteiger partial charge on any atom is -0.504 e. The van der Waals surface area contributed by atoms with E-state index in [2.05, 4.69) is 29.5 Å². The molecule has 0 amide bonds. The Morgan fingerprint density at radius 2 is 2.22 bits per heavy atom. The Kier molecular flexibility index (Phi) is 6.56. The summed E-state index contributed by atoms with van der Waals surface area (Å²) in [5.41, 5.74) is 0.956. The van der Waals surface area contributed by atoms with Crippen molar-refractivity contribution in [2.45, 2.75) is 52.1 Å². The molecule has 0 aliphatic heterocycles. The number of phenols is 1. The van der Waals surface area contributed by atoms with Crippen molar-refractivity contribution in [3.63, 3.8) is 0 Å². The summed E-state index contributed by atoms with van der Waals surface area (Å²) in [5.74, 6) is 2.27. The van der Waals surface area contributed by atoms with Gasteiger partial charge in [-0.05, 0) is 43.4 Å². The largest absolute Gasteiger partial charge is 0.504 e. The zero-order valence-corrected chi connectivity index (χ0v) is 14.4. The van der Waals surface area contributed by atoms with Crippen LogP contribution < -0.4 is 15.4 Å². The lowest BCUT2D eigenvalue weighted by atomic mass is 9.87. The van der Waals surface area contributed by atoms with Gasteiger partial charge in [0.25, 0.3) is 0 Å². The summed E-state index contributed by atoms with van der Waals surface area (Å²) in [4.78, 5) is 4.64. The first-order valence-corrected chi connectivity index (χ1v) is 8.53. The van der Waals surface area contributed by atoms with Gasteiger partial charge in [0.05, 0.1) is 13.7 Å². The molecule has 0 radical (unpaired) electrons. The molecule has 2 rings (SSSR count). The molecule has 0 aromatic heterocycles. The van der Waals surface area contributed by atoms with Crippen LogP contribution in [-0.4, -0.2) is 30.8 Å². The molecule has 2 atom stereocenters. The smallest absolute Gasteiger partial charge is 0.191 e. The van der Waals surface area contributed by atoms with E-state index in [1.807, 2.05) is 6.07 Å².